The average Bonchev–Trinajstić information content (AvgIpc) is 3.08. The molecule has 0 heterocycles. The van der Waals surface area contributed by atoms with Gasteiger partial charge in [-0.1, -0.05) is 70.2 Å². The smallest absolute Gasteiger partial charge is 0.322 e. The topological polar surface area (TPSA) is 229 Å². The van der Waals surface area contributed by atoms with Crippen LogP contribution < -0.4 is 32.3 Å². The number of nitrogens with two attached hydrogens (primary N) is 1. The van der Waals surface area contributed by atoms with E-state index in [0.717, 1.165) is 5.56 Å². The molecule has 280 valence electrons. The summed E-state index contributed by atoms with van der Waals surface area (Å²) in [7, 11) is 0. The molecule has 0 saturated heterocycles. The third-order valence-corrected chi connectivity index (χ3v) is 8.54. The van der Waals surface area contributed by atoms with Crippen LogP contribution >= 0.6 is 11.8 Å². The van der Waals surface area contributed by atoms with Crippen LogP contribution in [-0.4, -0.2) is 94.5 Å². The van der Waals surface area contributed by atoms with Gasteiger partial charge in [0.25, 0.3) is 0 Å². The second kappa shape index (κ2) is 21.6. The van der Waals surface area contributed by atoms with E-state index in [1.165, 1.54) is 23.9 Å². The first-order valence-corrected chi connectivity index (χ1v) is 18.3. The molecule has 0 aliphatic carbocycles. The molecule has 14 nitrogen and oxygen atoms in total. The molecule has 2 aromatic rings. The SMILES string of the molecule is CSCC[C@H](N)C(=O)N[C@@H](Cc1ccccc1)C(=O)N[C@@H](Cc1ccc(O)cc1)C(=O)N[C@@H](CC(C)C)C(=O)N[C@H](C(=O)NCC(=O)O)C(C)C. The van der Waals surface area contributed by atoms with Crippen molar-refractivity contribution in [2.45, 2.75) is 83.6 Å². The Bertz CT molecular complexity index is 1460. The van der Waals surface area contributed by atoms with E-state index in [9.17, 15) is 33.9 Å². The number of hydrogen-bond donors (Lipinski definition) is 8. The molecule has 2 aromatic carbocycles. The summed E-state index contributed by atoms with van der Waals surface area (Å²) in [4.78, 5) is 78.3. The van der Waals surface area contributed by atoms with Gasteiger partial charge in [0.15, 0.2) is 0 Å². The number of phenolic OH excluding ortho intramolecular Hbond substituents is 1. The Morgan fingerprint density at radius 2 is 1.22 bits per heavy atom. The molecule has 5 atom stereocenters. The molecule has 9 N–H and O–H groups in total. The molecule has 0 spiro atoms. The Morgan fingerprint density at radius 3 is 1.73 bits per heavy atom. The van der Waals surface area contributed by atoms with Gasteiger partial charge in [-0.05, 0) is 59.9 Å². The lowest BCUT2D eigenvalue weighted by atomic mass is 9.98. The van der Waals surface area contributed by atoms with Gasteiger partial charge in [-0.3, -0.25) is 28.8 Å². The molecular formula is C36H52N6O8S. The molecule has 0 unspecified atom stereocenters. The van der Waals surface area contributed by atoms with Crippen molar-refractivity contribution in [3.05, 3.63) is 65.7 Å². The van der Waals surface area contributed by atoms with Crippen LogP contribution in [0.25, 0.3) is 0 Å². The van der Waals surface area contributed by atoms with Crippen LogP contribution in [0.1, 0.15) is 51.7 Å². The largest absolute Gasteiger partial charge is 0.508 e. The summed E-state index contributed by atoms with van der Waals surface area (Å²) in [5, 5.41) is 32.0. The van der Waals surface area contributed by atoms with Crippen LogP contribution in [0.4, 0.5) is 0 Å². The van der Waals surface area contributed by atoms with Gasteiger partial charge < -0.3 is 42.5 Å². The lowest BCUT2D eigenvalue weighted by molar-refractivity contribution is -0.139. The maximum atomic E-state index is 14.0. The molecule has 51 heavy (non-hydrogen) atoms. The highest BCUT2D eigenvalue weighted by atomic mass is 32.2. The van der Waals surface area contributed by atoms with E-state index in [2.05, 4.69) is 26.6 Å². The van der Waals surface area contributed by atoms with Crippen LogP contribution in [0, 0.1) is 11.8 Å². The van der Waals surface area contributed by atoms with Crippen molar-refractivity contribution < 1.29 is 39.0 Å². The summed E-state index contributed by atoms with van der Waals surface area (Å²) in [6.07, 6.45) is 2.56. The maximum absolute atomic E-state index is 14.0. The van der Waals surface area contributed by atoms with Gasteiger partial charge in [0.05, 0.1) is 6.04 Å². The predicted molar refractivity (Wildman–Crippen MR) is 196 cm³/mol. The minimum atomic E-state index is -1.24. The Labute approximate surface area is 303 Å². The zero-order valence-electron chi connectivity index (χ0n) is 29.8. The third-order valence-electron chi connectivity index (χ3n) is 7.90. The summed E-state index contributed by atoms with van der Waals surface area (Å²) in [6.45, 7) is 6.44. The highest BCUT2D eigenvalue weighted by Crippen LogP contribution is 2.14. The van der Waals surface area contributed by atoms with Gasteiger partial charge in [-0.15, -0.1) is 0 Å². The van der Waals surface area contributed by atoms with Gasteiger partial charge >= 0.3 is 5.97 Å². The van der Waals surface area contributed by atoms with Gasteiger partial charge in [-0.2, -0.15) is 11.8 Å². The number of nitrogens with one attached hydrogen (secondary N) is 5. The summed E-state index contributed by atoms with van der Waals surface area (Å²) in [5.41, 5.74) is 7.46. The number of rotatable bonds is 21. The van der Waals surface area contributed by atoms with E-state index in [-0.39, 0.29) is 30.9 Å². The minimum Gasteiger partial charge on any atom is -0.508 e. The van der Waals surface area contributed by atoms with E-state index in [1.807, 2.05) is 38.3 Å². The Hall–Kier alpha value is -4.63. The predicted octanol–water partition coefficient (Wildman–Crippen LogP) is 1.10. The highest BCUT2D eigenvalue weighted by molar-refractivity contribution is 7.98. The lowest BCUT2D eigenvalue weighted by Gasteiger charge is -2.28. The fourth-order valence-corrected chi connectivity index (χ4v) is 5.59. The Morgan fingerprint density at radius 1 is 0.706 bits per heavy atom. The molecule has 5 amide bonds. The number of phenols is 1. The van der Waals surface area contributed by atoms with Gasteiger partial charge in [0.2, 0.25) is 29.5 Å². The van der Waals surface area contributed by atoms with Crippen LogP contribution in [0.3, 0.4) is 0 Å². The number of benzene rings is 2. The van der Waals surface area contributed by atoms with Gasteiger partial charge in [0, 0.05) is 12.8 Å². The molecule has 0 saturated carbocycles. The average molecular weight is 729 g/mol. The van der Waals surface area contributed by atoms with Crippen molar-refractivity contribution in [1.29, 1.82) is 0 Å². The van der Waals surface area contributed by atoms with Crippen molar-refractivity contribution in [3.63, 3.8) is 0 Å². The molecule has 15 heteroatoms. The lowest BCUT2D eigenvalue weighted by Crippen LogP contribution is -2.60. The minimum absolute atomic E-state index is 0.00741. The summed E-state index contributed by atoms with van der Waals surface area (Å²) in [6, 6.07) is 9.73. The van der Waals surface area contributed by atoms with Crippen LogP contribution in [0.2, 0.25) is 0 Å². The molecular weight excluding hydrogens is 676 g/mol. The van der Waals surface area contributed by atoms with E-state index in [4.69, 9.17) is 10.8 Å². The number of carboxylic acid groups (broad SMARTS) is 1. The first kappa shape index (κ1) is 42.5. The van der Waals surface area contributed by atoms with E-state index < -0.39 is 78.2 Å². The second-order valence-corrected chi connectivity index (χ2v) is 14.1. The van der Waals surface area contributed by atoms with Gasteiger partial charge in [-0.25, -0.2) is 0 Å². The molecule has 2 rings (SSSR count). The number of carbonyl (C=O) groups is 6. The van der Waals surface area contributed by atoms with Crippen molar-refractivity contribution in [1.82, 2.24) is 26.6 Å². The zero-order chi connectivity index (χ0) is 38.1. The molecule has 0 bridgehead atoms. The maximum Gasteiger partial charge on any atom is 0.322 e. The fourth-order valence-electron chi connectivity index (χ4n) is 5.10. The first-order valence-electron chi connectivity index (χ1n) is 16.9. The monoisotopic (exact) mass is 728 g/mol. The number of aliphatic carboxylic acids is 1. The second-order valence-electron chi connectivity index (χ2n) is 13.1. The van der Waals surface area contributed by atoms with Crippen molar-refractivity contribution in [2.24, 2.45) is 17.6 Å². The molecule has 0 aliphatic rings. The molecule has 0 aromatic heterocycles. The number of aromatic hydroxyl groups is 1. The summed E-state index contributed by atoms with van der Waals surface area (Å²) in [5.74, 6) is -4.29. The number of carbonyl (C=O) groups excluding carboxylic acids is 5. The van der Waals surface area contributed by atoms with Crippen LogP contribution in [0.15, 0.2) is 54.6 Å². The molecule has 0 radical (unpaired) electrons. The normalized spacial score (nSPS) is 14.0. The molecule has 0 fully saturated rings. The summed E-state index contributed by atoms with van der Waals surface area (Å²) >= 11 is 1.54. The standard InChI is InChI=1S/C36H52N6O8S/c1-21(2)17-27(35(49)42-31(22(3)4)36(50)38-20-30(44)45)40-34(48)29(19-24-11-13-25(43)14-12-24)41-33(47)28(18-23-9-7-6-8-10-23)39-32(46)26(37)15-16-51-5/h6-14,21-22,26-29,31,43H,15-20,37H2,1-5H3,(H,38,50)(H,39,46)(H,40,48)(H,41,47)(H,42,49)(H,44,45)/t26-,27-,28-,29-,31-/m0/s1. The highest BCUT2D eigenvalue weighted by Gasteiger charge is 2.33. The third kappa shape index (κ3) is 15.4. The number of thioether (sulfide) groups is 1. The van der Waals surface area contributed by atoms with Crippen molar-refractivity contribution in [3.8, 4) is 5.75 Å². The van der Waals surface area contributed by atoms with Crippen LogP contribution in [-0.2, 0) is 41.6 Å². The van der Waals surface area contributed by atoms with Gasteiger partial charge in [0.1, 0.15) is 36.5 Å². The van der Waals surface area contributed by atoms with Crippen LogP contribution in [0.5, 0.6) is 5.75 Å². The summed E-state index contributed by atoms with van der Waals surface area (Å²) < 4.78 is 0. The Kier molecular flexibility index (Phi) is 18.0. The zero-order valence-corrected chi connectivity index (χ0v) is 30.6. The quantitative estimate of drug-likeness (QED) is 0.0913. The number of hydrogen-bond acceptors (Lipinski definition) is 9. The molecule has 0 aliphatic heterocycles. The van der Waals surface area contributed by atoms with E-state index in [0.29, 0.717) is 17.7 Å². The number of amides is 5. The van der Waals surface area contributed by atoms with Crippen molar-refractivity contribution in [2.75, 3.05) is 18.6 Å². The fraction of sp³-hybridized carbons (Fsp3) is 0.500. The van der Waals surface area contributed by atoms with Crippen molar-refractivity contribution >= 4 is 47.3 Å². The Balaban J connectivity index is 2.39. The first-order chi connectivity index (χ1) is 24.1. The number of carboxylic acids is 1. The van der Waals surface area contributed by atoms with E-state index in [1.54, 1.807) is 38.1 Å². The van der Waals surface area contributed by atoms with E-state index >= 15 is 0 Å².